The summed E-state index contributed by atoms with van der Waals surface area (Å²) >= 11 is 7.30. The third-order valence-electron chi connectivity index (χ3n) is 1.81. The van der Waals surface area contributed by atoms with E-state index in [2.05, 4.69) is 16.5 Å². The first-order chi connectivity index (χ1) is 5.86. The smallest absolute Gasteiger partial charge is 0.0653 e. The molecule has 0 N–H and O–H groups in total. The standard InChI is InChI=1S/C8H13ClN2S/c1-2-3-7(5-9)4-8-6-10-11-12-8/h6-7H,2-5H2,1H3. The van der Waals surface area contributed by atoms with Crippen molar-refractivity contribution in [3.63, 3.8) is 0 Å². The van der Waals surface area contributed by atoms with Crippen molar-refractivity contribution < 1.29 is 0 Å². The van der Waals surface area contributed by atoms with Crippen LogP contribution < -0.4 is 0 Å². The predicted molar refractivity (Wildman–Crippen MR) is 52.7 cm³/mol. The molecule has 1 aromatic heterocycles. The van der Waals surface area contributed by atoms with E-state index in [1.807, 2.05) is 6.20 Å². The average Bonchev–Trinajstić information content (AvgIpc) is 2.56. The van der Waals surface area contributed by atoms with Crippen LogP contribution in [0.5, 0.6) is 0 Å². The van der Waals surface area contributed by atoms with Gasteiger partial charge in [0.2, 0.25) is 0 Å². The molecule has 0 aliphatic heterocycles. The first-order valence-electron chi connectivity index (χ1n) is 4.19. The molecule has 0 aliphatic carbocycles. The van der Waals surface area contributed by atoms with Crippen molar-refractivity contribution in [2.45, 2.75) is 26.2 Å². The number of rotatable bonds is 5. The zero-order chi connectivity index (χ0) is 8.81. The highest BCUT2D eigenvalue weighted by Crippen LogP contribution is 2.16. The molecular weight excluding hydrogens is 192 g/mol. The number of halogens is 1. The highest BCUT2D eigenvalue weighted by Gasteiger charge is 2.08. The van der Waals surface area contributed by atoms with Crippen molar-refractivity contribution in [3.05, 3.63) is 11.1 Å². The lowest BCUT2D eigenvalue weighted by Crippen LogP contribution is -2.04. The number of alkyl halides is 1. The van der Waals surface area contributed by atoms with Crippen LogP contribution in [-0.4, -0.2) is 15.5 Å². The van der Waals surface area contributed by atoms with E-state index in [0.29, 0.717) is 5.92 Å². The quantitative estimate of drug-likeness (QED) is 0.690. The SMILES string of the molecule is CCCC(CCl)Cc1cnns1. The monoisotopic (exact) mass is 204 g/mol. The molecule has 4 heteroatoms. The fraction of sp³-hybridized carbons (Fsp3) is 0.750. The maximum Gasteiger partial charge on any atom is 0.0653 e. The van der Waals surface area contributed by atoms with E-state index in [-0.39, 0.29) is 0 Å². The van der Waals surface area contributed by atoms with Crippen molar-refractivity contribution in [1.29, 1.82) is 0 Å². The Morgan fingerprint density at radius 2 is 2.50 bits per heavy atom. The molecule has 1 aromatic rings. The molecule has 1 heterocycles. The van der Waals surface area contributed by atoms with Crippen molar-refractivity contribution in [2.75, 3.05) is 5.88 Å². The van der Waals surface area contributed by atoms with Crippen LogP contribution in [0.25, 0.3) is 0 Å². The van der Waals surface area contributed by atoms with Crippen LogP contribution in [0, 0.1) is 5.92 Å². The van der Waals surface area contributed by atoms with Gasteiger partial charge in [-0.25, -0.2) is 0 Å². The number of nitrogens with zero attached hydrogens (tertiary/aromatic N) is 2. The molecule has 0 radical (unpaired) electrons. The normalized spacial score (nSPS) is 13.2. The minimum Gasteiger partial charge on any atom is -0.146 e. The lowest BCUT2D eigenvalue weighted by Gasteiger charge is -2.09. The summed E-state index contributed by atoms with van der Waals surface area (Å²) in [7, 11) is 0. The molecule has 0 saturated carbocycles. The van der Waals surface area contributed by atoms with Crippen LogP contribution in [0.4, 0.5) is 0 Å². The number of hydrogen-bond acceptors (Lipinski definition) is 3. The van der Waals surface area contributed by atoms with Gasteiger partial charge in [0.05, 0.1) is 6.20 Å². The third-order valence-corrected chi connectivity index (χ3v) is 2.93. The summed E-state index contributed by atoms with van der Waals surface area (Å²) in [5.74, 6) is 1.34. The van der Waals surface area contributed by atoms with Gasteiger partial charge in [-0.05, 0) is 30.3 Å². The van der Waals surface area contributed by atoms with Gasteiger partial charge >= 0.3 is 0 Å². The molecule has 0 fully saturated rings. The summed E-state index contributed by atoms with van der Waals surface area (Å²) < 4.78 is 3.82. The van der Waals surface area contributed by atoms with Crippen LogP contribution in [-0.2, 0) is 6.42 Å². The average molecular weight is 205 g/mol. The first kappa shape index (κ1) is 9.93. The Kier molecular flexibility index (Phi) is 4.54. The molecule has 0 aliphatic rings. The topological polar surface area (TPSA) is 25.8 Å². The third kappa shape index (κ3) is 3.07. The van der Waals surface area contributed by atoms with E-state index >= 15 is 0 Å². The Bertz CT molecular complexity index is 201. The first-order valence-corrected chi connectivity index (χ1v) is 5.49. The van der Waals surface area contributed by atoms with Gasteiger partial charge in [-0.3, -0.25) is 0 Å². The van der Waals surface area contributed by atoms with Crippen LogP contribution >= 0.6 is 23.1 Å². The van der Waals surface area contributed by atoms with Gasteiger partial charge in [0.25, 0.3) is 0 Å². The van der Waals surface area contributed by atoms with E-state index in [1.165, 1.54) is 29.3 Å². The van der Waals surface area contributed by atoms with Crippen molar-refractivity contribution in [1.82, 2.24) is 9.59 Å². The lowest BCUT2D eigenvalue weighted by molar-refractivity contribution is 0.531. The van der Waals surface area contributed by atoms with Gasteiger partial charge in [-0.2, -0.15) is 0 Å². The number of aromatic nitrogens is 2. The molecule has 0 bridgehead atoms. The molecule has 0 amide bonds. The van der Waals surface area contributed by atoms with Gasteiger partial charge in [-0.1, -0.05) is 17.8 Å². The van der Waals surface area contributed by atoms with Crippen molar-refractivity contribution >= 4 is 23.1 Å². The second-order valence-corrected chi connectivity index (χ2v) is 4.08. The molecule has 0 spiro atoms. The van der Waals surface area contributed by atoms with Crippen LogP contribution in [0.2, 0.25) is 0 Å². The summed E-state index contributed by atoms with van der Waals surface area (Å²) in [6.45, 7) is 2.18. The minimum absolute atomic E-state index is 0.596. The summed E-state index contributed by atoms with van der Waals surface area (Å²) in [6, 6.07) is 0. The van der Waals surface area contributed by atoms with Crippen LogP contribution in [0.1, 0.15) is 24.6 Å². The lowest BCUT2D eigenvalue weighted by atomic mass is 10.0. The second-order valence-electron chi connectivity index (χ2n) is 2.90. The highest BCUT2D eigenvalue weighted by molar-refractivity contribution is 7.05. The van der Waals surface area contributed by atoms with E-state index in [4.69, 9.17) is 11.6 Å². The molecule has 1 atom stereocenters. The zero-order valence-corrected chi connectivity index (χ0v) is 8.74. The van der Waals surface area contributed by atoms with Crippen LogP contribution in [0.3, 0.4) is 0 Å². The number of hydrogen-bond donors (Lipinski definition) is 0. The maximum atomic E-state index is 5.83. The van der Waals surface area contributed by atoms with Crippen LogP contribution in [0.15, 0.2) is 6.20 Å². The van der Waals surface area contributed by atoms with Gasteiger partial charge in [-0.15, -0.1) is 16.7 Å². The van der Waals surface area contributed by atoms with Gasteiger partial charge in [0.15, 0.2) is 0 Å². The summed E-state index contributed by atoms with van der Waals surface area (Å²) in [5.41, 5.74) is 0. The molecule has 1 unspecified atom stereocenters. The Hall–Kier alpha value is -0.150. The van der Waals surface area contributed by atoms with Crippen molar-refractivity contribution in [2.24, 2.45) is 5.92 Å². The van der Waals surface area contributed by atoms with Gasteiger partial charge in [0, 0.05) is 10.8 Å². The van der Waals surface area contributed by atoms with E-state index in [9.17, 15) is 0 Å². The van der Waals surface area contributed by atoms with E-state index < -0.39 is 0 Å². The summed E-state index contributed by atoms with van der Waals surface area (Å²) in [6.07, 6.45) is 5.26. The molecule has 0 aromatic carbocycles. The Morgan fingerprint density at radius 1 is 1.67 bits per heavy atom. The Balaban J connectivity index is 2.37. The molecule has 0 saturated heterocycles. The Morgan fingerprint density at radius 3 is 3.00 bits per heavy atom. The largest absolute Gasteiger partial charge is 0.146 e. The fourth-order valence-corrected chi connectivity index (χ4v) is 2.07. The Labute approximate surface area is 82.1 Å². The second kappa shape index (κ2) is 5.49. The molecule has 12 heavy (non-hydrogen) atoms. The minimum atomic E-state index is 0.596. The maximum absolute atomic E-state index is 5.83. The van der Waals surface area contributed by atoms with Gasteiger partial charge in [0.1, 0.15) is 0 Å². The molecule has 68 valence electrons. The van der Waals surface area contributed by atoms with Gasteiger partial charge < -0.3 is 0 Å². The molecule has 1 rings (SSSR count). The van der Waals surface area contributed by atoms with E-state index in [1.54, 1.807) is 0 Å². The zero-order valence-electron chi connectivity index (χ0n) is 7.16. The fourth-order valence-electron chi connectivity index (χ4n) is 1.20. The summed E-state index contributed by atoms with van der Waals surface area (Å²) in [4.78, 5) is 1.24. The summed E-state index contributed by atoms with van der Waals surface area (Å²) in [5, 5.41) is 3.80. The van der Waals surface area contributed by atoms with Crippen molar-refractivity contribution in [3.8, 4) is 0 Å². The van der Waals surface area contributed by atoms with E-state index in [0.717, 1.165) is 12.3 Å². The highest BCUT2D eigenvalue weighted by atomic mass is 35.5. The predicted octanol–water partition coefficient (Wildman–Crippen LogP) is 2.74. The molecule has 2 nitrogen and oxygen atoms in total. The molecular formula is C8H13ClN2S.